The molecule has 1 aliphatic carbocycles. The van der Waals surface area contributed by atoms with E-state index in [9.17, 15) is 9.90 Å². The topological polar surface area (TPSA) is 77.0 Å². The van der Waals surface area contributed by atoms with E-state index in [0.717, 1.165) is 31.3 Å². The van der Waals surface area contributed by atoms with Gasteiger partial charge in [0.15, 0.2) is 5.96 Å². The molecule has 1 saturated carbocycles. The second-order valence-corrected chi connectivity index (χ2v) is 8.84. The van der Waals surface area contributed by atoms with Gasteiger partial charge in [-0.05, 0) is 44.0 Å². The predicted octanol–water partition coefficient (Wildman–Crippen LogP) is 3.67. The van der Waals surface area contributed by atoms with E-state index in [4.69, 9.17) is 0 Å². The Kier molecular flexibility index (Phi) is 9.20. The average molecular weight is 518 g/mol. The van der Waals surface area contributed by atoms with Crippen LogP contribution in [0, 0.1) is 0 Å². The molecule has 0 atom stereocenters. The summed E-state index contributed by atoms with van der Waals surface area (Å²) in [6.07, 6.45) is 6.57. The quantitative estimate of drug-likeness (QED) is 0.246. The maximum Gasteiger partial charge on any atom is 0.246 e. The number of carbonyl (C=O) groups excluding carboxylic acids is 1. The van der Waals surface area contributed by atoms with Crippen molar-refractivity contribution in [2.75, 3.05) is 37.2 Å². The zero-order chi connectivity index (χ0) is 19.1. The number of hydrogen-bond donors (Lipinski definition) is 3. The third kappa shape index (κ3) is 6.43. The molecule has 1 amide bonds. The number of hydrogen-bond acceptors (Lipinski definition) is 4. The lowest BCUT2D eigenvalue weighted by atomic mass is 9.87. The van der Waals surface area contributed by atoms with Crippen LogP contribution in [0.15, 0.2) is 29.3 Å². The second-order valence-electron chi connectivity index (χ2n) is 7.28. The number of rotatable bonds is 4. The molecule has 0 radical (unpaired) electrons. The maximum atomic E-state index is 12.3. The Morgan fingerprint density at radius 2 is 1.96 bits per heavy atom. The van der Waals surface area contributed by atoms with Crippen molar-refractivity contribution in [2.24, 2.45) is 4.99 Å². The van der Waals surface area contributed by atoms with Gasteiger partial charge in [-0.25, -0.2) is 4.99 Å². The molecule has 1 saturated heterocycles. The van der Waals surface area contributed by atoms with E-state index in [0.29, 0.717) is 10.4 Å². The molecule has 0 aromatic heterocycles. The number of nitrogens with one attached hydrogen (secondary N) is 2. The van der Waals surface area contributed by atoms with Gasteiger partial charge in [0.05, 0.1) is 0 Å². The van der Waals surface area contributed by atoms with E-state index in [1.165, 1.54) is 32.1 Å². The second kappa shape index (κ2) is 11.1. The van der Waals surface area contributed by atoms with E-state index in [1.54, 1.807) is 24.3 Å². The van der Waals surface area contributed by atoms with Crippen LogP contribution in [0.25, 0.3) is 0 Å². The number of amides is 1. The molecule has 0 bridgehead atoms. The minimum atomic E-state index is -0.158. The third-order valence-electron chi connectivity index (χ3n) is 5.17. The summed E-state index contributed by atoms with van der Waals surface area (Å²) in [5.74, 6) is 1.97. The Hall–Kier alpha value is -1.16. The standard InChI is InChI=1S/C20H30N4O2S.HI/c1-2-21-19(22-14-18(26)23-16-6-8-17(25)9-7-16)24-12-13-27-20(15-24)10-4-3-5-11-20;/h6-9,25H,2-5,10-15H2,1H3,(H,21,22)(H,23,26);1H. The maximum absolute atomic E-state index is 12.3. The molecule has 2 fully saturated rings. The van der Waals surface area contributed by atoms with Crippen LogP contribution in [0.3, 0.4) is 0 Å². The summed E-state index contributed by atoms with van der Waals surface area (Å²) >= 11 is 2.13. The summed E-state index contributed by atoms with van der Waals surface area (Å²) in [5, 5.41) is 15.5. The van der Waals surface area contributed by atoms with E-state index in [-0.39, 0.29) is 42.2 Å². The van der Waals surface area contributed by atoms with Gasteiger partial charge in [-0.3, -0.25) is 4.79 Å². The minimum absolute atomic E-state index is 0. The number of halogens is 1. The van der Waals surface area contributed by atoms with E-state index >= 15 is 0 Å². The number of aliphatic imine (C=N–C) groups is 1. The van der Waals surface area contributed by atoms with Gasteiger partial charge in [0.1, 0.15) is 12.3 Å². The van der Waals surface area contributed by atoms with Crippen molar-refractivity contribution in [2.45, 2.75) is 43.8 Å². The molecular formula is C20H31IN4O2S. The van der Waals surface area contributed by atoms with Crippen LogP contribution in [0.4, 0.5) is 5.69 Å². The fourth-order valence-electron chi connectivity index (χ4n) is 3.84. The van der Waals surface area contributed by atoms with Crippen molar-refractivity contribution in [3.63, 3.8) is 0 Å². The fraction of sp³-hybridized carbons (Fsp3) is 0.600. The molecule has 3 N–H and O–H groups in total. The van der Waals surface area contributed by atoms with Crippen LogP contribution in [0.1, 0.15) is 39.0 Å². The fourth-order valence-corrected chi connectivity index (χ4v) is 5.41. The van der Waals surface area contributed by atoms with E-state index in [2.05, 4.69) is 39.2 Å². The van der Waals surface area contributed by atoms with Gasteiger partial charge < -0.3 is 20.6 Å². The van der Waals surface area contributed by atoms with Crippen molar-refractivity contribution < 1.29 is 9.90 Å². The van der Waals surface area contributed by atoms with Crippen LogP contribution >= 0.6 is 35.7 Å². The number of benzene rings is 1. The summed E-state index contributed by atoms with van der Waals surface area (Å²) in [4.78, 5) is 19.2. The highest BCUT2D eigenvalue weighted by molar-refractivity contribution is 14.0. The Morgan fingerprint density at radius 3 is 2.64 bits per heavy atom. The van der Waals surface area contributed by atoms with Crippen LogP contribution in [-0.4, -0.2) is 58.6 Å². The minimum Gasteiger partial charge on any atom is -0.508 e. The van der Waals surface area contributed by atoms with Crippen molar-refractivity contribution in [1.29, 1.82) is 0 Å². The number of phenols is 1. The number of anilines is 1. The first kappa shape index (κ1) is 23.1. The number of phenolic OH excluding ortho intramolecular Hbond substituents is 1. The molecule has 0 unspecified atom stereocenters. The van der Waals surface area contributed by atoms with Crippen LogP contribution in [0.5, 0.6) is 5.75 Å². The summed E-state index contributed by atoms with van der Waals surface area (Å²) in [6, 6.07) is 6.46. The van der Waals surface area contributed by atoms with Gasteiger partial charge in [-0.1, -0.05) is 19.3 Å². The summed E-state index contributed by atoms with van der Waals surface area (Å²) in [7, 11) is 0. The highest BCUT2D eigenvalue weighted by Crippen LogP contribution is 2.42. The molecule has 1 aromatic rings. The zero-order valence-electron chi connectivity index (χ0n) is 16.4. The largest absolute Gasteiger partial charge is 0.508 e. The van der Waals surface area contributed by atoms with Gasteiger partial charge in [-0.15, -0.1) is 24.0 Å². The molecule has 1 heterocycles. The van der Waals surface area contributed by atoms with Gasteiger partial charge in [0, 0.05) is 35.8 Å². The first-order chi connectivity index (χ1) is 13.1. The predicted molar refractivity (Wildman–Crippen MR) is 128 cm³/mol. The zero-order valence-corrected chi connectivity index (χ0v) is 19.6. The highest BCUT2D eigenvalue weighted by Gasteiger charge is 2.38. The lowest BCUT2D eigenvalue weighted by molar-refractivity contribution is -0.114. The first-order valence-corrected chi connectivity index (χ1v) is 10.8. The van der Waals surface area contributed by atoms with Crippen molar-refractivity contribution >= 4 is 53.3 Å². The summed E-state index contributed by atoms with van der Waals surface area (Å²) < 4.78 is 0.362. The first-order valence-electron chi connectivity index (χ1n) is 9.86. The Balaban J connectivity index is 0.00000280. The van der Waals surface area contributed by atoms with Crippen LogP contribution in [0.2, 0.25) is 0 Å². The van der Waals surface area contributed by atoms with Crippen molar-refractivity contribution in [3.05, 3.63) is 24.3 Å². The lowest BCUT2D eigenvalue weighted by Crippen LogP contribution is -2.53. The molecule has 8 heteroatoms. The van der Waals surface area contributed by atoms with Gasteiger partial charge >= 0.3 is 0 Å². The highest BCUT2D eigenvalue weighted by atomic mass is 127. The Labute approximate surface area is 189 Å². The SMILES string of the molecule is CCNC(=NCC(=O)Nc1ccc(O)cc1)N1CCSC2(CCCCC2)C1.I. The van der Waals surface area contributed by atoms with Crippen molar-refractivity contribution in [3.8, 4) is 5.75 Å². The third-order valence-corrected chi connectivity index (χ3v) is 6.71. The lowest BCUT2D eigenvalue weighted by Gasteiger charge is -2.45. The Bertz CT molecular complexity index is 657. The number of nitrogens with zero attached hydrogens (tertiary/aromatic N) is 2. The number of guanidine groups is 1. The molecule has 1 aliphatic heterocycles. The Morgan fingerprint density at radius 1 is 1.25 bits per heavy atom. The van der Waals surface area contributed by atoms with Crippen LogP contribution in [-0.2, 0) is 4.79 Å². The number of thioether (sulfide) groups is 1. The van der Waals surface area contributed by atoms with Crippen LogP contribution < -0.4 is 10.6 Å². The molecule has 1 spiro atoms. The monoisotopic (exact) mass is 518 g/mol. The molecular weight excluding hydrogens is 487 g/mol. The molecule has 1 aromatic carbocycles. The molecule has 156 valence electrons. The molecule has 2 aliphatic rings. The van der Waals surface area contributed by atoms with E-state index < -0.39 is 0 Å². The van der Waals surface area contributed by atoms with E-state index in [1.807, 2.05) is 0 Å². The van der Waals surface area contributed by atoms with Gasteiger partial charge in [-0.2, -0.15) is 11.8 Å². The van der Waals surface area contributed by atoms with Crippen molar-refractivity contribution in [1.82, 2.24) is 10.2 Å². The molecule has 28 heavy (non-hydrogen) atoms. The normalized spacial score (nSPS) is 19.0. The average Bonchev–Trinajstić information content (AvgIpc) is 2.67. The summed E-state index contributed by atoms with van der Waals surface area (Å²) in [6.45, 7) is 4.91. The number of carbonyl (C=O) groups is 1. The summed E-state index contributed by atoms with van der Waals surface area (Å²) in [5.41, 5.74) is 0.661. The van der Waals surface area contributed by atoms with Gasteiger partial charge in [0.2, 0.25) is 5.91 Å². The number of aromatic hydroxyl groups is 1. The smallest absolute Gasteiger partial charge is 0.246 e. The molecule has 3 rings (SSSR count). The van der Waals surface area contributed by atoms with Gasteiger partial charge in [0.25, 0.3) is 0 Å². The molecule has 6 nitrogen and oxygen atoms in total.